The summed E-state index contributed by atoms with van der Waals surface area (Å²) in [6, 6.07) is 9.79. The van der Waals surface area contributed by atoms with Gasteiger partial charge in [-0.25, -0.2) is 0 Å². The fraction of sp³-hybridized carbons (Fsp3) is 0.263. The molecular formula is C19H21N3O2S. The summed E-state index contributed by atoms with van der Waals surface area (Å²) in [7, 11) is 1.89. The van der Waals surface area contributed by atoms with Crippen LogP contribution in [0, 0.1) is 13.8 Å². The molecular weight excluding hydrogens is 334 g/mol. The lowest BCUT2D eigenvalue weighted by Crippen LogP contribution is -2.22. The van der Waals surface area contributed by atoms with E-state index in [4.69, 9.17) is 4.74 Å². The van der Waals surface area contributed by atoms with E-state index in [1.165, 1.54) is 11.3 Å². The SMILES string of the molecule is Cc1ccccc1OCc1csc(C(=O)NCc2cnn(C)c2C)c1. The maximum atomic E-state index is 12.3. The molecule has 2 heterocycles. The van der Waals surface area contributed by atoms with Crippen LogP contribution in [-0.4, -0.2) is 15.7 Å². The summed E-state index contributed by atoms with van der Waals surface area (Å²) in [5, 5.41) is 9.09. The zero-order valence-corrected chi connectivity index (χ0v) is 15.4. The molecule has 0 bridgehead atoms. The molecule has 0 aliphatic carbocycles. The van der Waals surface area contributed by atoms with Crippen LogP contribution in [0.15, 0.2) is 41.9 Å². The largest absolute Gasteiger partial charge is 0.489 e. The van der Waals surface area contributed by atoms with Crippen LogP contribution in [0.2, 0.25) is 0 Å². The highest BCUT2D eigenvalue weighted by atomic mass is 32.1. The number of aryl methyl sites for hydroxylation is 2. The molecule has 1 aromatic carbocycles. The number of nitrogens with one attached hydrogen (secondary N) is 1. The lowest BCUT2D eigenvalue weighted by Gasteiger charge is -2.07. The first-order valence-corrected chi connectivity index (χ1v) is 8.94. The zero-order chi connectivity index (χ0) is 17.8. The summed E-state index contributed by atoms with van der Waals surface area (Å²) in [5.74, 6) is 0.794. The van der Waals surface area contributed by atoms with E-state index in [1.54, 1.807) is 10.9 Å². The smallest absolute Gasteiger partial charge is 0.261 e. The van der Waals surface area contributed by atoms with Crippen LogP contribution in [-0.2, 0) is 20.2 Å². The van der Waals surface area contributed by atoms with Crippen molar-refractivity contribution in [1.29, 1.82) is 0 Å². The van der Waals surface area contributed by atoms with Gasteiger partial charge in [0.1, 0.15) is 12.4 Å². The van der Waals surface area contributed by atoms with Gasteiger partial charge in [0.2, 0.25) is 0 Å². The van der Waals surface area contributed by atoms with Gasteiger partial charge in [-0.15, -0.1) is 11.3 Å². The molecule has 0 fully saturated rings. The van der Waals surface area contributed by atoms with Gasteiger partial charge in [0, 0.05) is 30.4 Å². The number of thiophene rings is 1. The molecule has 0 atom stereocenters. The third kappa shape index (κ3) is 4.09. The molecule has 0 spiro atoms. The second-order valence-corrected chi connectivity index (χ2v) is 6.85. The summed E-state index contributed by atoms with van der Waals surface area (Å²) in [6.45, 7) is 4.94. The Morgan fingerprint density at radius 2 is 2.12 bits per heavy atom. The molecule has 1 amide bonds. The minimum atomic E-state index is -0.0737. The van der Waals surface area contributed by atoms with Crippen molar-refractivity contribution < 1.29 is 9.53 Å². The molecule has 2 aromatic heterocycles. The monoisotopic (exact) mass is 355 g/mol. The second kappa shape index (κ2) is 7.53. The zero-order valence-electron chi connectivity index (χ0n) is 14.6. The molecule has 5 nitrogen and oxygen atoms in total. The Hall–Kier alpha value is -2.60. The third-order valence-electron chi connectivity index (χ3n) is 4.14. The van der Waals surface area contributed by atoms with Crippen molar-refractivity contribution in [3.63, 3.8) is 0 Å². The van der Waals surface area contributed by atoms with Gasteiger partial charge in [0.25, 0.3) is 5.91 Å². The van der Waals surface area contributed by atoms with E-state index in [-0.39, 0.29) is 5.91 Å². The number of para-hydroxylation sites is 1. The fourth-order valence-electron chi connectivity index (χ4n) is 2.43. The van der Waals surface area contributed by atoms with Crippen molar-refractivity contribution >= 4 is 17.2 Å². The summed E-state index contributed by atoms with van der Waals surface area (Å²) < 4.78 is 7.63. The molecule has 0 unspecified atom stereocenters. The molecule has 0 aliphatic heterocycles. The summed E-state index contributed by atoms with van der Waals surface area (Å²) in [4.78, 5) is 13.0. The highest BCUT2D eigenvalue weighted by Gasteiger charge is 2.11. The van der Waals surface area contributed by atoms with Crippen LogP contribution in [0.1, 0.15) is 32.1 Å². The van der Waals surface area contributed by atoms with Crippen LogP contribution in [0.4, 0.5) is 0 Å². The van der Waals surface area contributed by atoms with E-state index in [9.17, 15) is 4.79 Å². The number of ether oxygens (including phenoxy) is 1. The Bertz CT molecular complexity index is 882. The standard InChI is InChI=1S/C19H21N3O2S/c1-13-6-4-5-7-17(13)24-11-15-8-18(25-12-15)19(23)20-9-16-10-21-22(3)14(16)2/h4-8,10,12H,9,11H2,1-3H3,(H,20,23). The van der Waals surface area contributed by atoms with Gasteiger partial charge >= 0.3 is 0 Å². The Morgan fingerprint density at radius 3 is 2.84 bits per heavy atom. The number of carbonyl (C=O) groups is 1. The highest BCUT2D eigenvalue weighted by Crippen LogP contribution is 2.20. The predicted octanol–water partition coefficient (Wildman–Crippen LogP) is 3.61. The molecule has 6 heteroatoms. The van der Waals surface area contributed by atoms with Crippen LogP contribution in [0.5, 0.6) is 5.75 Å². The molecule has 3 rings (SSSR count). The van der Waals surface area contributed by atoms with Crippen molar-refractivity contribution in [3.8, 4) is 5.75 Å². The van der Waals surface area contributed by atoms with E-state index >= 15 is 0 Å². The van der Waals surface area contributed by atoms with Gasteiger partial charge < -0.3 is 10.1 Å². The first kappa shape index (κ1) is 17.2. The molecule has 0 saturated carbocycles. The maximum Gasteiger partial charge on any atom is 0.261 e. The minimum Gasteiger partial charge on any atom is -0.489 e. The quantitative estimate of drug-likeness (QED) is 0.735. The Labute approximate surface area is 151 Å². The molecule has 0 aliphatic rings. The normalized spacial score (nSPS) is 10.7. The number of rotatable bonds is 6. The number of hydrogen-bond acceptors (Lipinski definition) is 4. The lowest BCUT2D eigenvalue weighted by atomic mass is 10.2. The molecule has 25 heavy (non-hydrogen) atoms. The number of nitrogens with zero attached hydrogens (tertiary/aromatic N) is 2. The first-order chi connectivity index (χ1) is 12.0. The van der Waals surface area contributed by atoms with E-state index < -0.39 is 0 Å². The van der Waals surface area contributed by atoms with Crippen molar-refractivity contribution in [3.05, 3.63) is 69.2 Å². The Balaban J connectivity index is 1.56. The summed E-state index contributed by atoms with van der Waals surface area (Å²) >= 11 is 1.43. The average molecular weight is 355 g/mol. The number of aromatic nitrogens is 2. The van der Waals surface area contributed by atoms with Gasteiger partial charge in [-0.3, -0.25) is 9.48 Å². The number of amides is 1. The fourth-order valence-corrected chi connectivity index (χ4v) is 3.24. The highest BCUT2D eigenvalue weighted by molar-refractivity contribution is 7.12. The minimum absolute atomic E-state index is 0.0737. The average Bonchev–Trinajstić information content (AvgIpc) is 3.20. The Morgan fingerprint density at radius 1 is 1.32 bits per heavy atom. The Kier molecular flexibility index (Phi) is 5.19. The first-order valence-electron chi connectivity index (χ1n) is 8.06. The molecule has 130 valence electrons. The van der Waals surface area contributed by atoms with Gasteiger partial charge in [-0.1, -0.05) is 18.2 Å². The number of hydrogen-bond donors (Lipinski definition) is 1. The molecule has 0 radical (unpaired) electrons. The van der Waals surface area contributed by atoms with Gasteiger partial charge in [0.05, 0.1) is 11.1 Å². The second-order valence-electron chi connectivity index (χ2n) is 5.93. The van der Waals surface area contributed by atoms with Crippen molar-refractivity contribution in [1.82, 2.24) is 15.1 Å². The summed E-state index contributed by atoms with van der Waals surface area (Å²) in [5.41, 5.74) is 4.17. The van der Waals surface area contributed by atoms with Gasteiger partial charge in [0.15, 0.2) is 0 Å². The lowest BCUT2D eigenvalue weighted by molar-refractivity contribution is 0.0955. The molecule has 0 saturated heterocycles. The van der Waals surface area contributed by atoms with Gasteiger partial charge in [-0.05, 0) is 36.9 Å². The van der Waals surface area contributed by atoms with Gasteiger partial charge in [-0.2, -0.15) is 5.10 Å². The summed E-state index contributed by atoms with van der Waals surface area (Å²) in [6.07, 6.45) is 1.78. The van der Waals surface area contributed by atoms with E-state index in [2.05, 4.69) is 10.4 Å². The maximum absolute atomic E-state index is 12.3. The predicted molar refractivity (Wildman–Crippen MR) is 98.9 cm³/mol. The number of carbonyl (C=O) groups excluding carboxylic acids is 1. The number of benzene rings is 1. The van der Waals surface area contributed by atoms with E-state index in [0.717, 1.165) is 28.1 Å². The van der Waals surface area contributed by atoms with Crippen LogP contribution < -0.4 is 10.1 Å². The van der Waals surface area contributed by atoms with Crippen molar-refractivity contribution in [2.24, 2.45) is 7.05 Å². The van der Waals surface area contributed by atoms with Crippen LogP contribution >= 0.6 is 11.3 Å². The van der Waals surface area contributed by atoms with Crippen molar-refractivity contribution in [2.45, 2.75) is 27.0 Å². The van der Waals surface area contributed by atoms with E-state index in [0.29, 0.717) is 18.0 Å². The van der Waals surface area contributed by atoms with E-state index in [1.807, 2.05) is 56.6 Å². The molecule has 3 aromatic rings. The van der Waals surface area contributed by atoms with Crippen LogP contribution in [0.25, 0.3) is 0 Å². The van der Waals surface area contributed by atoms with Crippen LogP contribution in [0.3, 0.4) is 0 Å². The molecule has 1 N–H and O–H groups in total. The van der Waals surface area contributed by atoms with Crippen molar-refractivity contribution in [2.75, 3.05) is 0 Å². The third-order valence-corrected chi connectivity index (χ3v) is 5.12. The topological polar surface area (TPSA) is 56.1 Å².